The molecule has 0 saturated carbocycles. The fourth-order valence-electron chi connectivity index (χ4n) is 3.23. The molecule has 0 aliphatic carbocycles. The summed E-state index contributed by atoms with van der Waals surface area (Å²) in [5.74, 6) is 0.803. The number of aryl methyl sites for hydroxylation is 1. The maximum Gasteiger partial charge on any atom is 0.238 e. The SMILES string of the molecule is Cc1ccc(-c2nc(Cc3ccccc3)oc2-c2ccccc2S(N)(=O)=O)cc1Cl. The first-order chi connectivity index (χ1) is 14.3. The summed E-state index contributed by atoms with van der Waals surface area (Å²) in [4.78, 5) is 4.66. The second-order valence-corrected chi connectivity index (χ2v) is 8.89. The molecule has 1 aromatic heterocycles. The molecule has 0 aliphatic rings. The Bertz CT molecular complexity index is 1320. The average Bonchev–Trinajstić information content (AvgIpc) is 3.14. The number of sulfonamides is 1. The smallest absolute Gasteiger partial charge is 0.238 e. The van der Waals surface area contributed by atoms with E-state index >= 15 is 0 Å². The molecule has 1 heterocycles. The van der Waals surface area contributed by atoms with Crippen molar-refractivity contribution in [3.05, 3.63) is 94.8 Å². The van der Waals surface area contributed by atoms with Gasteiger partial charge in [-0.15, -0.1) is 0 Å². The van der Waals surface area contributed by atoms with Crippen molar-refractivity contribution in [3.63, 3.8) is 0 Å². The predicted molar refractivity (Wildman–Crippen MR) is 118 cm³/mol. The third-order valence-electron chi connectivity index (χ3n) is 4.75. The molecule has 5 nitrogen and oxygen atoms in total. The van der Waals surface area contributed by atoms with Crippen molar-refractivity contribution in [2.24, 2.45) is 5.14 Å². The summed E-state index contributed by atoms with van der Waals surface area (Å²) in [6.07, 6.45) is 0.463. The average molecular weight is 439 g/mol. The number of hydrogen-bond donors (Lipinski definition) is 1. The van der Waals surface area contributed by atoms with E-state index in [1.165, 1.54) is 6.07 Å². The Hall–Kier alpha value is -2.93. The normalized spacial score (nSPS) is 11.6. The molecule has 0 unspecified atom stereocenters. The lowest BCUT2D eigenvalue weighted by Crippen LogP contribution is -2.13. The van der Waals surface area contributed by atoms with Crippen LogP contribution in [0.15, 0.2) is 82.1 Å². The van der Waals surface area contributed by atoms with Gasteiger partial charge in [0.1, 0.15) is 5.69 Å². The van der Waals surface area contributed by atoms with Crippen LogP contribution in [0.5, 0.6) is 0 Å². The van der Waals surface area contributed by atoms with Crippen molar-refractivity contribution < 1.29 is 12.8 Å². The number of nitrogens with two attached hydrogens (primary N) is 1. The lowest BCUT2D eigenvalue weighted by Gasteiger charge is -2.07. The van der Waals surface area contributed by atoms with Gasteiger partial charge in [-0.25, -0.2) is 18.5 Å². The highest BCUT2D eigenvalue weighted by atomic mass is 35.5. The van der Waals surface area contributed by atoms with Gasteiger partial charge in [-0.3, -0.25) is 0 Å². The molecular weight excluding hydrogens is 420 g/mol. The van der Waals surface area contributed by atoms with Gasteiger partial charge in [0.15, 0.2) is 11.7 Å². The van der Waals surface area contributed by atoms with E-state index in [2.05, 4.69) is 4.98 Å². The van der Waals surface area contributed by atoms with Crippen LogP contribution in [0.4, 0.5) is 0 Å². The van der Waals surface area contributed by atoms with Gasteiger partial charge < -0.3 is 4.42 Å². The van der Waals surface area contributed by atoms with E-state index in [9.17, 15) is 8.42 Å². The van der Waals surface area contributed by atoms with Gasteiger partial charge in [0.25, 0.3) is 0 Å². The monoisotopic (exact) mass is 438 g/mol. The highest BCUT2D eigenvalue weighted by molar-refractivity contribution is 7.89. The van der Waals surface area contributed by atoms with Gasteiger partial charge in [0, 0.05) is 22.6 Å². The fraction of sp³-hybridized carbons (Fsp3) is 0.0870. The van der Waals surface area contributed by atoms with Crippen LogP contribution in [-0.4, -0.2) is 13.4 Å². The van der Waals surface area contributed by atoms with E-state index in [4.69, 9.17) is 21.2 Å². The molecule has 0 radical (unpaired) electrons. The second-order valence-electron chi connectivity index (χ2n) is 6.95. The van der Waals surface area contributed by atoms with Crippen molar-refractivity contribution in [2.45, 2.75) is 18.2 Å². The van der Waals surface area contributed by atoms with E-state index in [1.807, 2.05) is 49.4 Å². The van der Waals surface area contributed by atoms with Crippen LogP contribution in [0, 0.1) is 6.92 Å². The topological polar surface area (TPSA) is 86.2 Å². The summed E-state index contributed by atoms with van der Waals surface area (Å²) in [7, 11) is -3.96. The molecule has 0 fully saturated rings. The first kappa shape index (κ1) is 20.3. The van der Waals surface area contributed by atoms with Crippen molar-refractivity contribution in [3.8, 4) is 22.6 Å². The molecule has 0 atom stereocenters. The Balaban J connectivity index is 1.92. The third kappa shape index (κ3) is 4.16. The number of benzene rings is 3. The minimum Gasteiger partial charge on any atom is -0.440 e. The van der Waals surface area contributed by atoms with E-state index in [0.29, 0.717) is 34.4 Å². The highest BCUT2D eigenvalue weighted by Gasteiger charge is 2.23. The zero-order valence-electron chi connectivity index (χ0n) is 16.2. The van der Waals surface area contributed by atoms with E-state index in [1.54, 1.807) is 24.3 Å². The van der Waals surface area contributed by atoms with Crippen LogP contribution in [0.1, 0.15) is 17.0 Å². The molecule has 0 bridgehead atoms. The number of primary sulfonamides is 1. The Morgan fingerprint density at radius 3 is 2.40 bits per heavy atom. The van der Waals surface area contributed by atoms with E-state index < -0.39 is 10.0 Å². The first-order valence-electron chi connectivity index (χ1n) is 9.25. The highest BCUT2D eigenvalue weighted by Crippen LogP contribution is 2.37. The molecule has 0 aliphatic heterocycles. The molecule has 4 rings (SSSR count). The molecule has 7 heteroatoms. The fourth-order valence-corrected chi connectivity index (χ4v) is 4.15. The van der Waals surface area contributed by atoms with Crippen LogP contribution in [0.25, 0.3) is 22.6 Å². The number of halogens is 1. The first-order valence-corrected chi connectivity index (χ1v) is 11.2. The summed E-state index contributed by atoms with van der Waals surface area (Å²) >= 11 is 6.33. The molecular formula is C23H19ClN2O3S. The molecule has 152 valence electrons. The van der Waals surface area contributed by atoms with Crippen LogP contribution >= 0.6 is 11.6 Å². The maximum absolute atomic E-state index is 12.2. The summed E-state index contributed by atoms with van der Waals surface area (Å²) in [6.45, 7) is 1.91. The summed E-state index contributed by atoms with van der Waals surface area (Å²) in [6, 6.07) is 21.8. The quantitative estimate of drug-likeness (QED) is 0.463. The maximum atomic E-state index is 12.2. The summed E-state index contributed by atoms with van der Waals surface area (Å²) in [5.41, 5.74) is 3.56. The van der Waals surface area contributed by atoms with Crippen LogP contribution in [-0.2, 0) is 16.4 Å². The van der Waals surface area contributed by atoms with E-state index in [-0.39, 0.29) is 4.90 Å². The van der Waals surface area contributed by atoms with Crippen LogP contribution in [0.3, 0.4) is 0 Å². The Morgan fingerprint density at radius 2 is 1.70 bits per heavy atom. The number of oxazole rings is 1. The molecule has 4 aromatic rings. The molecule has 30 heavy (non-hydrogen) atoms. The number of nitrogens with zero attached hydrogens (tertiary/aromatic N) is 1. The standard InChI is InChI=1S/C23H19ClN2O3S/c1-15-11-12-17(14-19(15)24)22-23(18-9-5-6-10-20(18)30(25,27)28)29-21(26-22)13-16-7-3-2-4-8-16/h2-12,14H,13H2,1H3,(H2,25,27,28). The Morgan fingerprint density at radius 1 is 1.00 bits per heavy atom. The zero-order chi connectivity index (χ0) is 21.3. The lowest BCUT2D eigenvalue weighted by molar-refractivity contribution is 0.518. The summed E-state index contributed by atoms with van der Waals surface area (Å²) in [5, 5.41) is 6.04. The van der Waals surface area contributed by atoms with Gasteiger partial charge in [-0.1, -0.05) is 66.2 Å². The molecule has 0 spiro atoms. The second kappa shape index (κ2) is 8.07. The van der Waals surface area contributed by atoms with Crippen molar-refractivity contribution >= 4 is 21.6 Å². The molecule has 2 N–H and O–H groups in total. The van der Waals surface area contributed by atoms with Gasteiger partial charge in [-0.05, 0) is 36.2 Å². The number of hydrogen-bond acceptors (Lipinski definition) is 4. The van der Waals surface area contributed by atoms with Crippen molar-refractivity contribution in [2.75, 3.05) is 0 Å². The molecule has 0 saturated heterocycles. The van der Waals surface area contributed by atoms with Crippen LogP contribution in [0.2, 0.25) is 5.02 Å². The zero-order valence-corrected chi connectivity index (χ0v) is 17.7. The Labute approximate surface area is 180 Å². The molecule has 3 aromatic carbocycles. The van der Waals surface area contributed by atoms with E-state index in [0.717, 1.165) is 16.7 Å². The van der Waals surface area contributed by atoms with Crippen molar-refractivity contribution in [1.82, 2.24) is 4.98 Å². The summed E-state index contributed by atoms with van der Waals surface area (Å²) < 4.78 is 30.4. The van der Waals surface area contributed by atoms with Crippen LogP contribution < -0.4 is 5.14 Å². The minimum absolute atomic E-state index is 0.0214. The van der Waals surface area contributed by atoms with Crippen molar-refractivity contribution in [1.29, 1.82) is 0 Å². The lowest BCUT2D eigenvalue weighted by atomic mass is 10.0. The van der Waals surface area contributed by atoms with Gasteiger partial charge >= 0.3 is 0 Å². The minimum atomic E-state index is -3.96. The molecule has 0 amide bonds. The van der Waals surface area contributed by atoms with Gasteiger partial charge in [0.05, 0.1) is 4.90 Å². The van der Waals surface area contributed by atoms with Gasteiger partial charge in [-0.2, -0.15) is 0 Å². The van der Waals surface area contributed by atoms with Gasteiger partial charge in [0.2, 0.25) is 10.0 Å². The number of rotatable bonds is 5. The largest absolute Gasteiger partial charge is 0.440 e. The number of aromatic nitrogens is 1. The predicted octanol–water partition coefficient (Wildman–Crippen LogP) is 5.21. The Kier molecular flexibility index (Phi) is 5.47. The third-order valence-corrected chi connectivity index (χ3v) is 6.13.